The van der Waals surface area contributed by atoms with Gasteiger partial charge in [-0.05, 0) is 45.1 Å². The minimum Gasteiger partial charge on any atom is -0.403 e. The maximum atomic E-state index is 7.00. The Bertz CT molecular complexity index is 1260. The van der Waals surface area contributed by atoms with E-state index < -0.39 is 9.04 Å². The fourth-order valence-corrected chi connectivity index (χ4v) is 7.42. The number of hydrogen-bond acceptors (Lipinski definition) is 2. The lowest BCUT2D eigenvalue weighted by Crippen LogP contribution is -2.44. The minimum absolute atomic E-state index is 0.298. The van der Waals surface area contributed by atoms with Crippen LogP contribution in [0.1, 0.15) is 37.6 Å². The molecule has 3 aromatic carbocycles. The second kappa shape index (κ2) is 10.9. The van der Waals surface area contributed by atoms with Crippen LogP contribution in [-0.2, 0) is 23.0 Å². The maximum Gasteiger partial charge on any atom is 0.283 e. The zero-order valence-corrected chi connectivity index (χ0v) is 23.3. The Balaban J connectivity index is 1.81. The summed E-state index contributed by atoms with van der Waals surface area (Å²) in [6, 6.07) is 26.4. The molecule has 0 aliphatic carbocycles. The van der Waals surface area contributed by atoms with Crippen LogP contribution in [0.25, 0.3) is 5.69 Å². The largest absolute Gasteiger partial charge is 0.403 e. The van der Waals surface area contributed by atoms with E-state index in [1.807, 2.05) is 59.2 Å². The van der Waals surface area contributed by atoms with E-state index in [2.05, 4.69) is 45.0 Å². The third kappa shape index (κ3) is 5.53. The zero-order chi connectivity index (χ0) is 25.2. The molecule has 1 aromatic heterocycles. The smallest absolute Gasteiger partial charge is 0.283 e. The molecule has 7 heteroatoms. The second-order valence-corrected chi connectivity index (χ2v) is 12.6. The average molecular weight is 543 g/mol. The molecule has 0 unspecified atom stereocenters. The first-order valence-electron chi connectivity index (χ1n) is 11.4. The topological polar surface area (TPSA) is 40.2 Å². The molecule has 0 amide bonds. The molecule has 2 N–H and O–H groups in total. The summed E-state index contributed by atoms with van der Waals surface area (Å²) in [5.74, 6) is 0. The third-order valence-corrected chi connectivity index (χ3v) is 9.07. The van der Waals surface area contributed by atoms with E-state index in [0.29, 0.717) is 28.4 Å². The Hall–Kier alpha value is -2.05. The van der Waals surface area contributed by atoms with Gasteiger partial charge >= 0.3 is 0 Å². The number of aromatic nitrogens is 1. The van der Waals surface area contributed by atoms with E-state index in [4.69, 9.17) is 45.0 Å². The van der Waals surface area contributed by atoms with Gasteiger partial charge in [-0.2, -0.15) is 0 Å². The van der Waals surface area contributed by atoms with Gasteiger partial charge in [0.25, 0.3) is 9.04 Å². The zero-order valence-electron chi connectivity index (χ0n) is 20.0. The Labute approximate surface area is 224 Å². The van der Waals surface area contributed by atoms with E-state index >= 15 is 0 Å². The average Bonchev–Trinajstić information content (AvgIpc) is 3.21. The Morgan fingerprint density at radius 2 is 1.40 bits per heavy atom. The van der Waals surface area contributed by atoms with Gasteiger partial charge in [-0.1, -0.05) is 116 Å². The molecule has 181 valence electrons. The van der Waals surface area contributed by atoms with Gasteiger partial charge in [0.2, 0.25) is 0 Å². The predicted molar refractivity (Wildman–Crippen MR) is 150 cm³/mol. The summed E-state index contributed by atoms with van der Waals surface area (Å²) in [4.78, 5) is 0. The molecule has 0 spiro atoms. The number of rotatable bonds is 7. The Morgan fingerprint density at radius 1 is 0.829 bits per heavy atom. The fourth-order valence-electron chi connectivity index (χ4n) is 4.15. The number of benzene rings is 3. The highest BCUT2D eigenvalue weighted by atomic mass is 35.5. The molecule has 1 radical (unpaired) electrons. The van der Waals surface area contributed by atoms with Crippen molar-refractivity contribution in [2.45, 2.75) is 39.3 Å². The summed E-state index contributed by atoms with van der Waals surface area (Å²) in [7, 11) is -1.50. The van der Waals surface area contributed by atoms with Gasteiger partial charge in [0.1, 0.15) is 5.15 Å². The Morgan fingerprint density at radius 3 is 1.91 bits per heavy atom. The molecular formula is C28H28Cl3N2OSi. The van der Waals surface area contributed by atoms with Gasteiger partial charge < -0.3 is 14.7 Å². The van der Waals surface area contributed by atoms with Crippen LogP contribution in [-0.4, -0.2) is 13.6 Å². The summed E-state index contributed by atoms with van der Waals surface area (Å²) in [5.41, 5.74) is 9.04. The summed E-state index contributed by atoms with van der Waals surface area (Å²) >= 11 is 20.5. The van der Waals surface area contributed by atoms with Crippen molar-refractivity contribution in [1.29, 1.82) is 0 Å². The molecule has 35 heavy (non-hydrogen) atoms. The van der Waals surface area contributed by atoms with E-state index in [1.54, 1.807) is 0 Å². The number of nitrogens with two attached hydrogens (primary N) is 1. The first-order valence-corrected chi connectivity index (χ1v) is 13.9. The lowest BCUT2D eigenvalue weighted by Gasteiger charge is -2.27. The molecule has 0 fully saturated rings. The highest BCUT2D eigenvalue weighted by molar-refractivity contribution is 6.80. The lowest BCUT2D eigenvalue weighted by molar-refractivity contribution is 0.321. The van der Waals surface area contributed by atoms with Gasteiger partial charge in [-0.3, -0.25) is 0 Å². The molecule has 0 saturated heterocycles. The SMILES string of the molecule is CC(C)(C)c1c(Cl)c(CO[Si](c2ccccc2)c2ccccc2)cc(-n2c(Cl)ccc2CN)c1Cl. The summed E-state index contributed by atoms with van der Waals surface area (Å²) in [6.45, 7) is 6.95. The lowest BCUT2D eigenvalue weighted by atomic mass is 9.85. The highest BCUT2D eigenvalue weighted by Crippen LogP contribution is 2.42. The summed E-state index contributed by atoms with van der Waals surface area (Å²) < 4.78 is 8.54. The molecule has 3 nitrogen and oxygen atoms in total. The second-order valence-electron chi connectivity index (χ2n) is 9.34. The van der Waals surface area contributed by atoms with Crippen molar-refractivity contribution in [1.82, 2.24) is 4.57 Å². The van der Waals surface area contributed by atoms with Crippen molar-refractivity contribution in [3.8, 4) is 5.69 Å². The molecule has 0 aliphatic rings. The molecule has 1 heterocycles. The summed E-state index contributed by atoms with van der Waals surface area (Å²) in [6.07, 6.45) is 0. The fraction of sp³-hybridized carbons (Fsp3) is 0.214. The third-order valence-electron chi connectivity index (χ3n) is 5.81. The number of halogens is 3. The molecular weight excluding hydrogens is 515 g/mol. The highest BCUT2D eigenvalue weighted by Gasteiger charge is 2.28. The molecule has 0 aliphatic heterocycles. The van der Waals surface area contributed by atoms with Gasteiger partial charge in [-0.25, -0.2) is 0 Å². The maximum absolute atomic E-state index is 7.00. The minimum atomic E-state index is -1.50. The van der Waals surface area contributed by atoms with Crippen LogP contribution in [0.5, 0.6) is 0 Å². The molecule has 4 rings (SSSR count). The molecule has 4 aromatic rings. The monoisotopic (exact) mass is 541 g/mol. The van der Waals surface area contributed by atoms with Gasteiger partial charge in [0, 0.05) is 12.2 Å². The number of hydrogen-bond donors (Lipinski definition) is 1. The van der Waals surface area contributed by atoms with Crippen molar-refractivity contribution in [3.05, 3.63) is 111 Å². The van der Waals surface area contributed by atoms with Gasteiger partial charge in [0.05, 0.1) is 22.3 Å². The predicted octanol–water partition coefficient (Wildman–Crippen LogP) is 6.52. The van der Waals surface area contributed by atoms with E-state index in [-0.39, 0.29) is 5.41 Å². The first-order chi connectivity index (χ1) is 16.7. The number of nitrogens with zero attached hydrogens (tertiary/aromatic N) is 1. The quantitative estimate of drug-likeness (QED) is 0.270. The van der Waals surface area contributed by atoms with Crippen molar-refractivity contribution in [3.63, 3.8) is 0 Å². The van der Waals surface area contributed by atoms with Crippen LogP contribution in [0.15, 0.2) is 78.9 Å². The van der Waals surface area contributed by atoms with Crippen molar-refractivity contribution >= 4 is 54.2 Å². The Kier molecular flexibility index (Phi) is 8.11. The van der Waals surface area contributed by atoms with Crippen LogP contribution < -0.4 is 16.1 Å². The standard InChI is InChI=1S/C28H28Cl3N2OSi/c1-28(2,3)25-26(30)19(16-23(27(25)31)33-20(17-32)14-15-24(33)29)18-34-35(21-10-6-4-7-11-21)22-12-8-5-9-13-22/h4-16H,17-18,32H2,1-3H3. The van der Waals surface area contributed by atoms with Gasteiger partial charge in [-0.15, -0.1) is 0 Å². The van der Waals surface area contributed by atoms with Crippen LogP contribution in [0.4, 0.5) is 0 Å². The van der Waals surface area contributed by atoms with Gasteiger partial charge in [0.15, 0.2) is 0 Å². The van der Waals surface area contributed by atoms with Crippen LogP contribution in [0.2, 0.25) is 15.2 Å². The van der Waals surface area contributed by atoms with E-state index in [9.17, 15) is 0 Å². The molecule has 0 saturated carbocycles. The van der Waals surface area contributed by atoms with Crippen molar-refractivity contribution in [2.24, 2.45) is 5.73 Å². The van der Waals surface area contributed by atoms with Crippen LogP contribution in [0.3, 0.4) is 0 Å². The van der Waals surface area contributed by atoms with Crippen LogP contribution >= 0.6 is 34.8 Å². The molecule has 0 atom stereocenters. The van der Waals surface area contributed by atoms with E-state index in [1.165, 1.54) is 10.4 Å². The van der Waals surface area contributed by atoms with E-state index in [0.717, 1.165) is 22.5 Å². The van der Waals surface area contributed by atoms with Crippen LogP contribution in [0, 0.1) is 0 Å². The first kappa shape index (κ1) is 26.0. The van der Waals surface area contributed by atoms with Crippen molar-refractivity contribution < 1.29 is 4.43 Å². The summed E-state index contributed by atoms with van der Waals surface area (Å²) in [5, 5.41) is 4.06. The normalized spacial score (nSPS) is 11.9. The van der Waals surface area contributed by atoms with Crippen molar-refractivity contribution in [2.75, 3.05) is 0 Å². The molecule has 0 bridgehead atoms.